The van der Waals surface area contributed by atoms with E-state index in [1.165, 1.54) is 11.8 Å². The molecular weight excluding hydrogens is 551 g/mol. The van der Waals surface area contributed by atoms with Crippen LogP contribution in [0.15, 0.2) is 71.6 Å². The number of thiocarbonyl (C=S) groups is 1. The lowest BCUT2D eigenvalue weighted by Gasteiger charge is -2.14. The van der Waals surface area contributed by atoms with E-state index in [0.29, 0.717) is 49.6 Å². The lowest BCUT2D eigenvalue weighted by molar-refractivity contribution is -0.122. The molecule has 0 radical (unpaired) electrons. The summed E-state index contributed by atoms with van der Waals surface area (Å²) < 4.78 is 11.9. The fourth-order valence-corrected chi connectivity index (χ4v) is 5.19. The molecule has 3 aromatic carbocycles. The number of hydrogen-bond acceptors (Lipinski definition) is 6. The number of ether oxygens (including phenoxy) is 2. The van der Waals surface area contributed by atoms with Crippen LogP contribution in [0.3, 0.4) is 0 Å². The van der Waals surface area contributed by atoms with E-state index in [4.69, 9.17) is 44.9 Å². The molecule has 1 aliphatic rings. The lowest BCUT2D eigenvalue weighted by atomic mass is 10.1. The third kappa shape index (κ3) is 7.05. The van der Waals surface area contributed by atoms with Crippen LogP contribution in [0.4, 0.5) is 5.69 Å². The minimum Gasteiger partial charge on any atom is -0.490 e. The van der Waals surface area contributed by atoms with Gasteiger partial charge in [-0.1, -0.05) is 83.6 Å². The average Bonchev–Trinajstić information content (AvgIpc) is 3.13. The second-order valence-corrected chi connectivity index (χ2v) is 10.4. The Hall–Kier alpha value is -3.04. The van der Waals surface area contributed by atoms with Gasteiger partial charge in [0.15, 0.2) is 18.1 Å². The van der Waals surface area contributed by atoms with Crippen molar-refractivity contribution in [3.8, 4) is 11.5 Å². The largest absolute Gasteiger partial charge is 0.490 e. The van der Waals surface area contributed by atoms with E-state index in [0.717, 1.165) is 11.1 Å². The number of carbonyl (C=O) groups excluding carboxylic acids is 2. The highest BCUT2D eigenvalue weighted by Gasteiger charge is 2.32. The first-order valence-electron chi connectivity index (χ1n) is 11.3. The number of hydrogen-bond donors (Lipinski definition) is 1. The topological polar surface area (TPSA) is 67.9 Å². The number of nitrogens with one attached hydrogen (secondary N) is 1. The van der Waals surface area contributed by atoms with Crippen molar-refractivity contribution in [1.82, 2.24) is 4.90 Å². The number of amides is 2. The molecule has 0 atom stereocenters. The smallest absolute Gasteiger partial charge is 0.266 e. The Bertz CT molecular complexity index is 1370. The Kier molecular flexibility index (Phi) is 9.10. The number of halogens is 2. The highest BCUT2D eigenvalue weighted by atomic mass is 35.5. The third-order valence-electron chi connectivity index (χ3n) is 5.19. The Morgan fingerprint density at radius 2 is 1.84 bits per heavy atom. The Morgan fingerprint density at radius 3 is 2.57 bits per heavy atom. The summed E-state index contributed by atoms with van der Waals surface area (Å²) in [6.07, 6.45) is 1.77. The molecule has 3 aromatic rings. The maximum Gasteiger partial charge on any atom is 0.266 e. The molecule has 0 aromatic heterocycles. The van der Waals surface area contributed by atoms with E-state index in [1.807, 2.05) is 37.3 Å². The molecule has 0 bridgehead atoms. The van der Waals surface area contributed by atoms with Gasteiger partial charge in [0.1, 0.15) is 4.32 Å². The Labute approximate surface area is 234 Å². The van der Waals surface area contributed by atoms with Crippen LogP contribution in [0, 0.1) is 0 Å². The van der Waals surface area contributed by atoms with E-state index in [2.05, 4.69) is 5.32 Å². The second kappa shape index (κ2) is 12.5. The zero-order valence-electron chi connectivity index (χ0n) is 19.7. The first kappa shape index (κ1) is 27.0. The van der Waals surface area contributed by atoms with E-state index >= 15 is 0 Å². The third-order valence-corrected chi connectivity index (χ3v) is 7.11. The van der Waals surface area contributed by atoms with Crippen LogP contribution < -0.4 is 14.8 Å². The van der Waals surface area contributed by atoms with Crippen molar-refractivity contribution in [2.75, 3.05) is 18.5 Å². The normalized spacial score (nSPS) is 14.2. The molecule has 190 valence electrons. The molecule has 4 rings (SSSR count). The number of carbonyl (C=O) groups is 2. The van der Waals surface area contributed by atoms with Crippen LogP contribution in [-0.2, 0) is 16.1 Å². The standard InChI is InChI=1S/C27H22Cl2N2O4S2/c1-2-34-23-12-18(13-24-26(33)31(27(36)37-24)15-17-6-4-3-5-7-17)8-11-22(23)35-16-25(32)30-21-10-9-19(28)14-20(21)29/h3-14H,2,15-16H2,1H3,(H,30,32)/b24-13-. The highest BCUT2D eigenvalue weighted by Crippen LogP contribution is 2.35. The number of anilines is 1. The predicted octanol–water partition coefficient (Wildman–Crippen LogP) is 6.81. The molecule has 37 heavy (non-hydrogen) atoms. The molecule has 0 spiro atoms. The van der Waals surface area contributed by atoms with Gasteiger partial charge in [-0.25, -0.2) is 0 Å². The van der Waals surface area contributed by atoms with E-state index < -0.39 is 5.91 Å². The zero-order chi connectivity index (χ0) is 26.4. The SMILES string of the molecule is CCOc1cc(/C=C2\SC(=S)N(Cc3ccccc3)C2=O)ccc1OCC(=O)Nc1ccc(Cl)cc1Cl. The summed E-state index contributed by atoms with van der Waals surface area (Å²) in [5.41, 5.74) is 2.18. The quantitative estimate of drug-likeness (QED) is 0.224. The van der Waals surface area contributed by atoms with Crippen molar-refractivity contribution in [3.05, 3.63) is 92.8 Å². The number of thioether (sulfide) groups is 1. The second-order valence-electron chi connectivity index (χ2n) is 7.85. The van der Waals surface area contributed by atoms with Crippen LogP contribution in [0.5, 0.6) is 11.5 Å². The summed E-state index contributed by atoms with van der Waals surface area (Å²) in [5, 5.41) is 3.49. The first-order valence-corrected chi connectivity index (χ1v) is 13.3. The fraction of sp³-hybridized carbons (Fsp3) is 0.148. The van der Waals surface area contributed by atoms with Gasteiger partial charge in [0.25, 0.3) is 11.8 Å². The van der Waals surface area contributed by atoms with Crippen molar-refractivity contribution in [2.24, 2.45) is 0 Å². The van der Waals surface area contributed by atoms with Crippen LogP contribution in [-0.4, -0.2) is 34.2 Å². The number of rotatable bonds is 9. The summed E-state index contributed by atoms with van der Waals surface area (Å²) in [5.74, 6) is 0.314. The molecule has 1 aliphatic heterocycles. The summed E-state index contributed by atoms with van der Waals surface area (Å²) in [7, 11) is 0. The van der Waals surface area contributed by atoms with Gasteiger partial charge in [0.2, 0.25) is 0 Å². The minimum absolute atomic E-state index is 0.144. The van der Waals surface area contributed by atoms with Crippen LogP contribution >= 0.6 is 47.2 Å². The van der Waals surface area contributed by atoms with Crippen LogP contribution in [0.25, 0.3) is 6.08 Å². The van der Waals surface area contributed by atoms with Crippen molar-refractivity contribution in [2.45, 2.75) is 13.5 Å². The maximum absolute atomic E-state index is 13.0. The van der Waals surface area contributed by atoms with Gasteiger partial charge in [-0.3, -0.25) is 14.5 Å². The molecule has 0 unspecified atom stereocenters. The van der Waals surface area contributed by atoms with Crippen LogP contribution in [0.2, 0.25) is 10.0 Å². The summed E-state index contributed by atoms with van der Waals surface area (Å²) >= 11 is 18.7. The minimum atomic E-state index is -0.391. The van der Waals surface area contributed by atoms with Gasteiger partial charge in [-0.15, -0.1) is 0 Å². The molecule has 0 aliphatic carbocycles. The Balaban J connectivity index is 1.44. The van der Waals surface area contributed by atoms with E-state index in [1.54, 1.807) is 47.4 Å². The molecular formula is C27H22Cl2N2O4S2. The monoisotopic (exact) mass is 572 g/mol. The van der Waals surface area contributed by atoms with Crippen LogP contribution in [0.1, 0.15) is 18.1 Å². The van der Waals surface area contributed by atoms with Gasteiger partial charge in [0.05, 0.1) is 28.8 Å². The van der Waals surface area contributed by atoms with Gasteiger partial charge < -0.3 is 14.8 Å². The number of benzene rings is 3. The van der Waals surface area contributed by atoms with Crippen molar-refractivity contribution in [1.29, 1.82) is 0 Å². The zero-order valence-corrected chi connectivity index (χ0v) is 22.8. The van der Waals surface area contributed by atoms with Gasteiger partial charge in [-0.05, 0) is 54.5 Å². The first-order chi connectivity index (χ1) is 17.8. The molecule has 1 fully saturated rings. The summed E-state index contributed by atoms with van der Waals surface area (Å²) in [6, 6.07) is 19.7. The predicted molar refractivity (Wildman–Crippen MR) is 153 cm³/mol. The summed E-state index contributed by atoms with van der Waals surface area (Å²) in [6.45, 7) is 2.41. The molecule has 1 heterocycles. The number of nitrogens with zero attached hydrogens (tertiary/aromatic N) is 1. The van der Waals surface area contributed by atoms with Crippen molar-refractivity contribution in [3.63, 3.8) is 0 Å². The Morgan fingerprint density at radius 1 is 1.05 bits per heavy atom. The molecule has 2 amide bonds. The van der Waals surface area contributed by atoms with Crippen molar-refractivity contribution < 1.29 is 19.1 Å². The van der Waals surface area contributed by atoms with E-state index in [-0.39, 0.29) is 12.5 Å². The van der Waals surface area contributed by atoms with Crippen molar-refractivity contribution >= 4 is 75.1 Å². The molecule has 1 saturated heterocycles. The van der Waals surface area contributed by atoms with Gasteiger partial charge in [-0.2, -0.15) is 0 Å². The van der Waals surface area contributed by atoms with Gasteiger partial charge in [0, 0.05) is 5.02 Å². The fourth-order valence-electron chi connectivity index (χ4n) is 3.48. The van der Waals surface area contributed by atoms with Gasteiger partial charge >= 0.3 is 0 Å². The maximum atomic E-state index is 13.0. The highest BCUT2D eigenvalue weighted by molar-refractivity contribution is 8.26. The molecule has 10 heteroatoms. The average molecular weight is 574 g/mol. The summed E-state index contributed by atoms with van der Waals surface area (Å²) in [4.78, 5) is 27.5. The molecule has 1 N–H and O–H groups in total. The molecule has 6 nitrogen and oxygen atoms in total. The lowest BCUT2D eigenvalue weighted by Crippen LogP contribution is -2.27. The molecule has 0 saturated carbocycles. The van der Waals surface area contributed by atoms with E-state index in [9.17, 15) is 9.59 Å².